The molecule has 0 bridgehead atoms. The molecule has 1 aromatic heterocycles. The molecule has 0 radical (unpaired) electrons. The molecule has 194 valence electrons. The molecule has 1 atom stereocenters. The van der Waals surface area contributed by atoms with Crippen LogP contribution in [0, 0.1) is 18.8 Å². The molecule has 0 aliphatic carbocycles. The normalized spacial score (nSPS) is 12.8. The maximum absolute atomic E-state index is 13.6. The Morgan fingerprint density at radius 3 is 2.37 bits per heavy atom. The molecule has 4 rings (SSSR count). The standard InChI is InChI=1S/C31H31N3O4/c1-21-27-19-24(13-16-26(27)28(35)38-33-21)32-29(36)31(37,20-30(2,3)23-9-7-6-8-10-23)18-17-22-11-14-25(15-12-22)34(4)5/h6-16,19,37H,20H2,1-5H3,(H,32,36). The number of benzene rings is 3. The van der Waals surface area contributed by atoms with E-state index in [1.165, 1.54) is 0 Å². The maximum Gasteiger partial charge on any atom is 0.366 e. The highest BCUT2D eigenvalue weighted by molar-refractivity contribution is 6.01. The van der Waals surface area contributed by atoms with Crippen LogP contribution in [0.3, 0.4) is 0 Å². The Bertz CT molecular complexity index is 1580. The van der Waals surface area contributed by atoms with Crippen molar-refractivity contribution in [1.29, 1.82) is 0 Å². The van der Waals surface area contributed by atoms with E-state index >= 15 is 0 Å². The molecule has 7 heteroatoms. The summed E-state index contributed by atoms with van der Waals surface area (Å²) in [6.45, 7) is 5.65. The number of hydrogen-bond donors (Lipinski definition) is 2. The fourth-order valence-electron chi connectivity index (χ4n) is 4.37. The van der Waals surface area contributed by atoms with Crippen LogP contribution in [0.4, 0.5) is 11.4 Å². The first kappa shape index (κ1) is 26.6. The van der Waals surface area contributed by atoms with E-state index in [-0.39, 0.29) is 6.42 Å². The first-order valence-corrected chi connectivity index (χ1v) is 12.3. The van der Waals surface area contributed by atoms with Gasteiger partial charge in [0.15, 0.2) is 0 Å². The number of hydrogen-bond acceptors (Lipinski definition) is 6. The number of nitrogens with zero attached hydrogens (tertiary/aromatic N) is 2. The zero-order valence-corrected chi connectivity index (χ0v) is 22.2. The van der Waals surface area contributed by atoms with Gasteiger partial charge in [-0.2, -0.15) is 0 Å². The number of carbonyl (C=O) groups excluding carboxylic acids is 1. The second kappa shape index (κ2) is 10.5. The molecule has 2 N–H and O–H groups in total. The number of fused-ring (bicyclic) bond motifs is 1. The van der Waals surface area contributed by atoms with Crippen molar-refractivity contribution in [2.24, 2.45) is 0 Å². The Morgan fingerprint density at radius 1 is 1.03 bits per heavy atom. The third-order valence-corrected chi connectivity index (χ3v) is 6.58. The van der Waals surface area contributed by atoms with Crippen LogP contribution in [-0.4, -0.2) is 35.9 Å². The first-order valence-electron chi connectivity index (χ1n) is 12.3. The smallest absolute Gasteiger partial charge is 0.366 e. The van der Waals surface area contributed by atoms with Gasteiger partial charge in [-0.3, -0.25) is 4.79 Å². The lowest BCUT2D eigenvalue weighted by Crippen LogP contribution is -2.46. The molecule has 1 amide bonds. The van der Waals surface area contributed by atoms with Gasteiger partial charge in [0.05, 0.1) is 11.1 Å². The summed E-state index contributed by atoms with van der Waals surface area (Å²) in [4.78, 5) is 27.6. The SMILES string of the molecule is Cc1noc(=O)c2ccc(NC(=O)C(O)(C#Cc3ccc(N(C)C)cc3)CC(C)(C)c3ccccc3)cc12. The minimum atomic E-state index is -2.02. The van der Waals surface area contributed by atoms with Gasteiger partial charge in [0, 0.05) is 42.8 Å². The second-order valence-electron chi connectivity index (χ2n) is 10.2. The Hall–Kier alpha value is -4.41. The van der Waals surface area contributed by atoms with Gasteiger partial charge in [-0.05, 0) is 60.4 Å². The molecule has 0 saturated carbocycles. The molecule has 3 aromatic carbocycles. The van der Waals surface area contributed by atoms with Crippen LogP contribution in [0.1, 0.15) is 37.1 Å². The van der Waals surface area contributed by atoms with E-state index in [2.05, 4.69) is 22.3 Å². The molecule has 0 saturated heterocycles. The summed E-state index contributed by atoms with van der Waals surface area (Å²) in [5.74, 6) is 5.20. The molecule has 0 fully saturated rings. The van der Waals surface area contributed by atoms with Gasteiger partial charge >= 0.3 is 5.63 Å². The van der Waals surface area contributed by atoms with Gasteiger partial charge in [0.1, 0.15) is 0 Å². The van der Waals surface area contributed by atoms with Gasteiger partial charge in [0.2, 0.25) is 5.60 Å². The topological polar surface area (TPSA) is 95.7 Å². The minimum absolute atomic E-state index is 0.0520. The number of rotatable bonds is 6. The second-order valence-corrected chi connectivity index (χ2v) is 10.2. The lowest BCUT2D eigenvalue weighted by molar-refractivity contribution is -0.130. The van der Waals surface area contributed by atoms with Gasteiger partial charge in [0.25, 0.3) is 5.91 Å². The predicted octanol–water partition coefficient (Wildman–Crippen LogP) is 4.65. The quantitative estimate of drug-likeness (QED) is 0.368. The Labute approximate surface area is 222 Å². The summed E-state index contributed by atoms with van der Waals surface area (Å²) in [7, 11) is 3.90. The third kappa shape index (κ3) is 5.77. The molecule has 0 aliphatic rings. The van der Waals surface area contributed by atoms with E-state index in [9.17, 15) is 14.7 Å². The van der Waals surface area contributed by atoms with E-state index in [1.807, 2.05) is 87.4 Å². The number of aromatic nitrogens is 1. The van der Waals surface area contributed by atoms with Gasteiger partial charge in [-0.15, -0.1) is 0 Å². The average Bonchev–Trinajstić information content (AvgIpc) is 2.90. The van der Waals surface area contributed by atoms with Crippen molar-refractivity contribution in [3.8, 4) is 11.8 Å². The summed E-state index contributed by atoms with van der Waals surface area (Å²) in [5, 5.41) is 19.3. The predicted molar refractivity (Wildman–Crippen MR) is 150 cm³/mol. The number of anilines is 2. The number of aryl methyl sites for hydroxylation is 1. The summed E-state index contributed by atoms with van der Waals surface area (Å²) < 4.78 is 4.78. The van der Waals surface area contributed by atoms with Crippen LogP contribution in [0.2, 0.25) is 0 Å². The van der Waals surface area contributed by atoms with Crippen LogP contribution in [0.25, 0.3) is 10.8 Å². The van der Waals surface area contributed by atoms with Crippen molar-refractivity contribution in [2.45, 2.75) is 38.2 Å². The van der Waals surface area contributed by atoms with Crippen LogP contribution in [-0.2, 0) is 10.2 Å². The molecule has 0 spiro atoms. The van der Waals surface area contributed by atoms with Crippen molar-refractivity contribution in [3.05, 3.63) is 100 Å². The van der Waals surface area contributed by atoms with E-state index < -0.39 is 22.5 Å². The summed E-state index contributed by atoms with van der Waals surface area (Å²) >= 11 is 0. The number of nitrogens with one attached hydrogen (secondary N) is 1. The van der Waals surface area contributed by atoms with Crippen LogP contribution in [0.15, 0.2) is 82.1 Å². The monoisotopic (exact) mass is 509 g/mol. The van der Waals surface area contributed by atoms with Gasteiger partial charge < -0.3 is 19.8 Å². The van der Waals surface area contributed by atoms with E-state index in [4.69, 9.17) is 4.52 Å². The molecule has 0 aliphatic heterocycles. The fraction of sp³-hybridized carbons (Fsp3) is 0.258. The summed E-state index contributed by atoms with van der Waals surface area (Å²) in [6, 6.07) is 22.1. The lowest BCUT2D eigenvalue weighted by Gasteiger charge is -2.32. The Morgan fingerprint density at radius 2 is 1.71 bits per heavy atom. The Balaban J connectivity index is 1.71. The molecular formula is C31H31N3O4. The zero-order valence-electron chi connectivity index (χ0n) is 22.2. The molecule has 1 heterocycles. The number of aliphatic hydroxyl groups is 1. The number of carbonyl (C=O) groups is 1. The molecule has 7 nitrogen and oxygen atoms in total. The molecule has 38 heavy (non-hydrogen) atoms. The largest absolute Gasteiger partial charge is 0.378 e. The highest BCUT2D eigenvalue weighted by atomic mass is 16.5. The van der Waals surface area contributed by atoms with Gasteiger partial charge in [-0.25, -0.2) is 4.79 Å². The molecule has 1 unspecified atom stereocenters. The van der Waals surface area contributed by atoms with E-state index in [1.54, 1.807) is 25.1 Å². The van der Waals surface area contributed by atoms with Crippen molar-refractivity contribution < 1.29 is 14.4 Å². The maximum atomic E-state index is 13.6. The summed E-state index contributed by atoms with van der Waals surface area (Å²) in [6.07, 6.45) is 0.0520. The first-order chi connectivity index (χ1) is 18.0. The fourth-order valence-corrected chi connectivity index (χ4v) is 4.37. The molecular weight excluding hydrogens is 478 g/mol. The summed E-state index contributed by atoms with van der Waals surface area (Å²) in [5.41, 5.74) is 0.445. The van der Waals surface area contributed by atoms with Crippen molar-refractivity contribution >= 4 is 28.1 Å². The average molecular weight is 510 g/mol. The Kier molecular flexibility index (Phi) is 7.38. The highest BCUT2D eigenvalue weighted by Gasteiger charge is 2.41. The molecule has 4 aromatic rings. The van der Waals surface area contributed by atoms with E-state index in [0.29, 0.717) is 27.7 Å². The lowest BCUT2D eigenvalue weighted by atomic mass is 9.75. The van der Waals surface area contributed by atoms with E-state index in [0.717, 1.165) is 11.3 Å². The third-order valence-electron chi connectivity index (χ3n) is 6.58. The zero-order chi connectivity index (χ0) is 27.5. The number of amides is 1. The van der Waals surface area contributed by atoms with Crippen molar-refractivity contribution in [1.82, 2.24) is 5.16 Å². The van der Waals surface area contributed by atoms with Crippen LogP contribution < -0.4 is 15.8 Å². The van der Waals surface area contributed by atoms with Gasteiger partial charge in [-0.1, -0.05) is 61.2 Å². The minimum Gasteiger partial charge on any atom is -0.378 e. The van der Waals surface area contributed by atoms with Crippen molar-refractivity contribution in [2.75, 3.05) is 24.3 Å². The van der Waals surface area contributed by atoms with Crippen molar-refractivity contribution in [3.63, 3.8) is 0 Å². The van der Waals surface area contributed by atoms with Crippen LogP contribution in [0.5, 0.6) is 0 Å². The highest BCUT2D eigenvalue weighted by Crippen LogP contribution is 2.33. The van der Waals surface area contributed by atoms with Crippen LogP contribution >= 0.6 is 0 Å².